The smallest absolute Gasteiger partial charge is 0.120 e. The zero-order valence-electron chi connectivity index (χ0n) is 18.5. The number of aliphatic hydroxyl groups is 1. The molecule has 0 atom stereocenters. The van der Waals surface area contributed by atoms with E-state index in [1.165, 1.54) is 38.5 Å². The SMILES string of the molecule is CC1(Oc2ccc(C(O)c3ccc(OC4(C)CCCCC4)cc3)cc2)CCCCC1. The van der Waals surface area contributed by atoms with Crippen LogP contribution in [0.4, 0.5) is 0 Å². The third kappa shape index (κ3) is 5.18. The Morgan fingerprint density at radius 2 is 0.933 bits per heavy atom. The van der Waals surface area contributed by atoms with Gasteiger partial charge in [0.15, 0.2) is 0 Å². The zero-order valence-corrected chi connectivity index (χ0v) is 18.5. The molecule has 0 saturated heterocycles. The van der Waals surface area contributed by atoms with Gasteiger partial charge in [-0.15, -0.1) is 0 Å². The lowest BCUT2D eigenvalue weighted by atomic mass is 9.86. The lowest BCUT2D eigenvalue weighted by molar-refractivity contribution is 0.0484. The Kier molecular flexibility index (Phi) is 6.38. The minimum absolute atomic E-state index is 0.0524. The van der Waals surface area contributed by atoms with Crippen LogP contribution in [0.3, 0.4) is 0 Å². The number of benzene rings is 2. The molecule has 0 radical (unpaired) electrons. The van der Waals surface area contributed by atoms with Crippen LogP contribution in [0.5, 0.6) is 11.5 Å². The molecule has 2 aliphatic rings. The van der Waals surface area contributed by atoms with Crippen molar-refractivity contribution < 1.29 is 14.6 Å². The molecule has 1 N–H and O–H groups in total. The third-order valence-corrected chi connectivity index (χ3v) is 6.94. The van der Waals surface area contributed by atoms with Gasteiger partial charge >= 0.3 is 0 Å². The van der Waals surface area contributed by atoms with Gasteiger partial charge in [-0.3, -0.25) is 0 Å². The predicted molar refractivity (Wildman–Crippen MR) is 121 cm³/mol. The van der Waals surface area contributed by atoms with E-state index in [0.717, 1.165) is 48.3 Å². The summed E-state index contributed by atoms with van der Waals surface area (Å²) in [4.78, 5) is 0. The van der Waals surface area contributed by atoms with Crippen molar-refractivity contribution in [3.63, 3.8) is 0 Å². The summed E-state index contributed by atoms with van der Waals surface area (Å²) in [6, 6.07) is 15.8. The summed E-state index contributed by atoms with van der Waals surface area (Å²) in [5, 5.41) is 10.8. The van der Waals surface area contributed by atoms with E-state index in [-0.39, 0.29) is 11.2 Å². The van der Waals surface area contributed by atoms with Gasteiger partial charge in [0.2, 0.25) is 0 Å². The van der Waals surface area contributed by atoms with E-state index in [0.29, 0.717) is 0 Å². The first-order chi connectivity index (χ1) is 14.4. The number of ether oxygens (including phenoxy) is 2. The molecule has 2 saturated carbocycles. The Morgan fingerprint density at radius 1 is 0.600 bits per heavy atom. The summed E-state index contributed by atoms with van der Waals surface area (Å²) in [6.07, 6.45) is 11.4. The Hall–Kier alpha value is -2.00. The van der Waals surface area contributed by atoms with Crippen LogP contribution in [0.2, 0.25) is 0 Å². The van der Waals surface area contributed by atoms with Gasteiger partial charge in [0, 0.05) is 0 Å². The molecule has 0 amide bonds. The monoisotopic (exact) mass is 408 g/mol. The molecule has 162 valence electrons. The van der Waals surface area contributed by atoms with Crippen molar-refractivity contribution in [2.45, 2.75) is 95.4 Å². The van der Waals surface area contributed by atoms with Crippen molar-refractivity contribution >= 4 is 0 Å². The van der Waals surface area contributed by atoms with Gasteiger partial charge < -0.3 is 14.6 Å². The highest BCUT2D eigenvalue weighted by molar-refractivity contribution is 5.36. The van der Waals surface area contributed by atoms with Crippen LogP contribution < -0.4 is 9.47 Å². The van der Waals surface area contributed by atoms with Gasteiger partial charge in [-0.25, -0.2) is 0 Å². The maximum atomic E-state index is 10.8. The number of aliphatic hydroxyl groups excluding tert-OH is 1. The van der Waals surface area contributed by atoms with E-state index >= 15 is 0 Å². The van der Waals surface area contributed by atoms with Crippen molar-refractivity contribution in [2.24, 2.45) is 0 Å². The van der Waals surface area contributed by atoms with Crippen molar-refractivity contribution in [1.82, 2.24) is 0 Å². The summed E-state index contributed by atoms with van der Waals surface area (Å²) < 4.78 is 12.6. The lowest BCUT2D eigenvalue weighted by Gasteiger charge is -2.34. The highest BCUT2D eigenvalue weighted by atomic mass is 16.5. The van der Waals surface area contributed by atoms with Crippen molar-refractivity contribution in [3.8, 4) is 11.5 Å². The van der Waals surface area contributed by atoms with Crippen LogP contribution in [-0.2, 0) is 0 Å². The van der Waals surface area contributed by atoms with Crippen molar-refractivity contribution in [1.29, 1.82) is 0 Å². The molecule has 2 aromatic rings. The maximum Gasteiger partial charge on any atom is 0.120 e. The average Bonchev–Trinajstić information content (AvgIpc) is 2.75. The minimum atomic E-state index is -0.649. The Labute approximate surface area is 181 Å². The topological polar surface area (TPSA) is 38.7 Å². The van der Waals surface area contributed by atoms with Crippen LogP contribution in [0.15, 0.2) is 48.5 Å². The molecule has 0 heterocycles. The molecule has 4 rings (SSSR count). The first-order valence-electron chi connectivity index (χ1n) is 11.7. The summed E-state index contributed by atoms with van der Waals surface area (Å²) in [7, 11) is 0. The van der Waals surface area contributed by atoms with Gasteiger partial charge in [0.25, 0.3) is 0 Å². The molecule has 3 heteroatoms. The molecule has 0 aliphatic heterocycles. The number of hydrogen-bond acceptors (Lipinski definition) is 3. The summed E-state index contributed by atoms with van der Waals surface area (Å²) >= 11 is 0. The molecular formula is C27H36O3. The molecule has 0 aromatic heterocycles. The van der Waals surface area contributed by atoms with Crippen LogP contribution in [0.25, 0.3) is 0 Å². The second-order valence-electron chi connectivity index (χ2n) is 9.77. The standard InChI is InChI=1S/C27H36O3/c1-26(17-5-3-6-18-26)29-23-13-9-21(10-14-23)25(28)22-11-15-24(16-12-22)30-27(2)19-7-4-8-20-27/h9-16,25,28H,3-8,17-20H2,1-2H3. The highest BCUT2D eigenvalue weighted by Gasteiger charge is 2.29. The maximum absolute atomic E-state index is 10.8. The quantitative estimate of drug-likeness (QED) is 0.561. The van der Waals surface area contributed by atoms with Gasteiger partial charge in [-0.2, -0.15) is 0 Å². The molecule has 2 fully saturated rings. The third-order valence-electron chi connectivity index (χ3n) is 6.94. The van der Waals surface area contributed by atoms with E-state index in [4.69, 9.17) is 9.47 Å². The normalized spacial score (nSPS) is 20.7. The van der Waals surface area contributed by atoms with Crippen LogP contribution in [-0.4, -0.2) is 16.3 Å². The molecule has 0 bridgehead atoms. The van der Waals surface area contributed by atoms with E-state index in [1.807, 2.05) is 48.5 Å². The van der Waals surface area contributed by atoms with Crippen LogP contribution in [0.1, 0.15) is 95.3 Å². The Bertz CT molecular complexity index is 728. The molecule has 3 nitrogen and oxygen atoms in total. The Morgan fingerprint density at radius 3 is 1.27 bits per heavy atom. The summed E-state index contributed by atoms with van der Waals surface area (Å²) in [5.74, 6) is 1.78. The van der Waals surface area contributed by atoms with Crippen molar-refractivity contribution in [3.05, 3.63) is 59.7 Å². The van der Waals surface area contributed by atoms with Crippen LogP contribution in [0, 0.1) is 0 Å². The van der Waals surface area contributed by atoms with E-state index in [9.17, 15) is 5.11 Å². The first-order valence-corrected chi connectivity index (χ1v) is 11.7. The fourth-order valence-corrected chi connectivity index (χ4v) is 5.00. The molecule has 2 aromatic carbocycles. The number of rotatable bonds is 6. The van der Waals surface area contributed by atoms with Gasteiger partial charge in [0.1, 0.15) is 28.8 Å². The van der Waals surface area contributed by atoms with Gasteiger partial charge in [-0.1, -0.05) is 37.1 Å². The van der Waals surface area contributed by atoms with E-state index in [1.54, 1.807) is 0 Å². The first kappa shape index (κ1) is 21.2. The second kappa shape index (κ2) is 9.01. The predicted octanol–water partition coefficient (Wildman–Crippen LogP) is 6.97. The second-order valence-corrected chi connectivity index (χ2v) is 9.77. The largest absolute Gasteiger partial charge is 0.488 e. The highest BCUT2D eigenvalue weighted by Crippen LogP contribution is 2.35. The average molecular weight is 409 g/mol. The summed E-state index contributed by atoms with van der Waals surface area (Å²) in [6.45, 7) is 4.43. The Balaban J connectivity index is 1.38. The zero-order chi connectivity index (χ0) is 21.0. The van der Waals surface area contributed by atoms with E-state index < -0.39 is 6.10 Å². The van der Waals surface area contributed by atoms with E-state index in [2.05, 4.69) is 13.8 Å². The lowest BCUT2D eigenvalue weighted by Crippen LogP contribution is -2.34. The minimum Gasteiger partial charge on any atom is -0.488 e. The van der Waals surface area contributed by atoms with Crippen LogP contribution >= 0.6 is 0 Å². The summed E-state index contributed by atoms with van der Waals surface area (Å²) in [5.41, 5.74) is 1.65. The fraction of sp³-hybridized carbons (Fsp3) is 0.556. The van der Waals surface area contributed by atoms with Gasteiger partial charge in [0.05, 0.1) is 0 Å². The molecular weight excluding hydrogens is 372 g/mol. The molecule has 0 unspecified atom stereocenters. The molecule has 30 heavy (non-hydrogen) atoms. The molecule has 0 spiro atoms. The fourth-order valence-electron chi connectivity index (χ4n) is 5.00. The molecule has 2 aliphatic carbocycles. The number of hydrogen-bond donors (Lipinski definition) is 1. The van der Waals surface area contributed by atoms with Crippen molar-refractivity contribution in [2.75, 3.05) is 0 Å². The van der Waals surface area contributed by atoms with Gasteiger partial charge in [-0.05, 0) is 101 Å².